The summed E-state index contributed by atoms with van der Waals surface area (Å²) in [6.45, 7) is 2.19. The number of thioether (sulfide) groups is 1. The van der Waals surface area contributed by atoms with Gasteiger partial charge in [-0.05, 0) is 67.1 Å². The average molecular weight is 439 g/mol. The van der Waals surface area contributed by atoms with Crippen molar-refractivity contribution in [3.63, 3.8) is 0 Å². The fourth-order valence-corrected chi connectivity index (χ4v) is 4.28. The summed E-state index contributed by atoms with van der Waals surface area (Å²) in [7, 11) is 0. The number of aliphatic imine (C=N–C) groups is 1. The number of carbonyl (C=O) groups is 1. The van der Waals surface area contributed by atoms with Crippen LogP contribution in [0, 0.1) is 11.2 Å². The second-order valence-corrected chi connectivity index (χ2v) is 8.43. The molecule has 0 saturated heterocycles. The van der Waals surface area contributed by atoms with E-state index >= 15 is 0 Å². The Kier molecular flexibility index (Phi) is 6.46. The van der Waals surface area contributed by atoms with Gasteiger partial charge in [-0.2, -0.15) is 15.1 Å². The lowest BCUT2D eigenvalue weighted by Gasteiger charge is -2.19. The van der Waals surface area contributed by atoms with Gasteiger partial charge in [-0.1, -0.05) is 32.6 Å². The Morgan fingerprint density at radius 1 is 1.13 bits per heavy atom. The van der Waals surface area contributed by atoms with Gasteiger partial charge in [0.1, 0.15) is 22.4 Å². The lowest BCUT2D eigenvalue weighted by atomic mass is 10.1. The van der Waals surface area contributed by atoms with Gasteiger partial charge in [-0.3, -0.25) is 10.2 Å². The summed E-state index contributed by atoms with van der Waals surface area (Å²) in [6.07, 6.45) is 8.16. The predicted molar refractivity (Wildman–Crippen MR) is 122 cm³/mol. The molecule has 31 heavy (non-hydrogen) atoms. The van der Waals surface area contributed by atoms with Gasteiger partial charge < -0.3 is 4.42 Å². The molecule has 1 N–H and O–H groups in total. The van der Waals surface area contributed by atoms with E-state index in [1.54, 1.807) is 24.3 Å². The van der Waals surface area contributed by atoms with Gasteiger partial charge in [0.2, 0.25) is 5.17 Å². The number of carbonyl (C=O) groups excluding carboxylic acids is 1. The molecule has 160 valence electrons. The summed E-state index contributed by atoms with van der Waals surface area (Å²) in [5, 5.41) is 15.7. The van der Waals surface area contributed by atoms with E-state index in [9.17, 15) is 9.18 Å². The highest BCUT2D eigenvalue weighted by molar-refractivity contribution is 8.26. The van der Waals surface area contributed by atoms with Crippen LogP contribution >= 0.6 is 11.8 Å². The Morgan fingerprint density at radius 2 is 1.90 bits per heavy atom. The van der Waals surface area contributed by atoms with E-state index in [1.807, 2.05) is 0 Å². The van der Waals surface area contributed by atoms with E-state index in [0.717, 1.165) is 29.9 Å². The molecular formula is C23H23FN4O2S. The molecule has 0 spiro atoms. The third kappa shape index (κ3) is 4.85. The summed E-state index contributed by atoms with van der Waals surface area (Å²) >= 11 is 1.36. The second-order valence-electron chi connectivity index (χ2n) is 7.39. The quantitative estimate of drug-likeness (QED) is 0.401. The zero-order chi connectivity index (χ0) is 21.8. The van der Waals surface area contributed by atoms with Crippen LogP contribution in [-0.4, -0.2) is 27.0 Å². The summed E-state index contributed by atoms with van der Waals surface area (Å²) in [6, 6.07) is 9.40. The van der Waals surface area contributed by atoms with Gasteiger partial charge in [0, 0.05) is 5.56 Å². The first-order valence-electron chi connectivity index (χ1n) is 10.4. The summed E-state index contributed by atoms with van der Waals surface area (Å²) in [4.78, 5) is 16.6. The van der Waals surface area contributed by atoms with E-state index in [1.165, 1.54) is 54.2 Å². The first-order valence-corrected chi connectivity index (χ1v) is 11.2. The molecule has 1 amide bonds. The largest absolute Gasteiger partial charge is 0.457 e. The molecule has 4 rings (SSSR count). The van der Waals surface area contributed by atoms with Gasteiger partial charge in [-0.25, -0.2) is 4.39 Å². The van der Waals surface area contributed by atoms with Crippen LogP contribution in [0.4, 0.5) is 4.39 Å². The molecule has 6 nitrogen and oxygen atoms in total. The van der Waals surface area contributed by atoms with Crippen LogP contribution in [-0.2, 0) is 4.79 Å². The van der Waals surface area contributed by atoms with Gasteiger partial charge in [0.05, 0.1) is 5.57 Å². The van der Waals surface area contributed by atoms with E-state index in [0.29, 0.717) is 16.7 Å². The molecule has 0 atom stereocenters. The molecule has 0 saturated carbocycles. The van der Waals surface area contributed by atoms with Gasteiger partial charge in [0.25, 0.3) is 5.91 Å². The predicted octanol–water partition coefficient (Wildman–Crippen LogP) is 6.07. The number of amidine groups is 2. The normalized spacial score (nSPS) is 17.2. The summed E-state index contributed by atoms with van der Waals surface area (Å²) < 4.78 is 18.9. The number of rotatable bonds is 8. The van der Waals surface area contributed by atoms with E-state index in [2.05, 4.69) is 17.0 Å². The standard InChI is InChI=1S/C23H23FN4O2S/c1-2-3-4-5-6-7-20-27-28-21(25)18(22(29)26-23(28)31-20)14-17-12-13-19(30-17)15-8-10-16(24)11-9-15/h8-14,25H,2-7H2,1H3/b18-14+,25-21?. The van der Waals surface area contributed by atoms with Gasteiger partial charge >= 0.3 is 0 Å². The highest BCUT2D eigenvalue weighted by atomic mass is 32.2. The molecule has 8 heteroatoms. The van der Waals surface area contributed by atoms with Crippen molar-refractivity contribution < 1.29 is 13.6 Å². The fourth-order valence-electron chi connectivity index (χ4n) is 3.35. The Morgan fingerprint density at radius 3 is 2.68 bits per heavy atom. The molecule has 1 aromatic heterocycles. The smallest absolute Gasteiger partial charge is 0.283 e. The van der Waals surface area contributed by atoms with Crippen molar-refractivity contribution in [1.82, 2.24) is 5.01 Å². The number of hydrazone groups is 1. The van der Waals surface area contributed by atoms with Crippen molar-refractivity contribution in [2.75, 3.05) is 0 Å². The molecule has 2 aromatic rings. The molecule has 2 aliphatic heterocycles. The number of fused-ring (bicyclic) bond motifs is 1. The first-order chi connectivity index (χ1) is 15.0. The summed E-state index contributed by atoms with van der Waals surface area (Å²) in [5.74, 6) is 0.145. The monoisotopic (exact) mass is 438 g/mol. The van der Waals surface area contributed by atoms with E-state index < -0.39 is 5.91 Å². The lowest BCUT2D eigenvalue weighted by Crippen LogP contribution is -2.35. The molecule has 1 aromatic carbocycles. The molecular weight excluding hydrogens is 415 g/mol. The number of nitrogens with zero attached hydrogens (tertiary/aromatic N) is 3. The summed E-state index contributed by atoms with van der Waals surface area (Å²) in [5.41, 5.74) is 0.845. The van der Waals surface area contributed by atoms with Crippen LogP contribution in [0.25, 0.3) is 17.4 Å². The van der Waals surface area contributed by atoms with Gasteiger partial charge in [-0.15, -0.1) is 0 Å². The molecule has 0 fully saturated rings. The number of hydrogen-bond donors (Lipinski definition) is 1. The maximum Gasteiger partial charge on any atom is 0.283 e. The fraction of sp³-hybridized carbons (Fsp3) is 0.304. The highest BCUT2D eigenvalue weighted by Gasteiger charge is 2.35. The number of nitrogens with one attached hydrogen (secondary N) is 1. The highest BCUT2D eigenvalue weighted by Crippen LogP contribution is 2.31. The Bertz CT molecular complexity index is 1090. The van der Waals surface area contributed by atoms with Crippen LogP contribution < -0.4 is 0 Å². The van der Waals surface area contributed by atoms with Crippen LogP contribution in [0.5, 0.6) is 0 Å². The number of benzene rings is 1. The first kappa shape index (κ1) is 21.2. The Balaban J connectivity index is 1.47. The van der Waals surface area contributed by atoms with Crippen molar-refractivity contribution in [2.45, 2.75) is 45.4 Å². The molecule has 0 radical (unpaired) electrons. The third-order valence-corrected chi connectivity index (χ3v) is 6.00. The van der Waals surface area contributed by atoms with E-state index in [4.69, 9.17) is 9.83 Å². The van der Waals surface area contributed by atoms with Crippen molar-refractivity contribution >= 4 is 39.8 Å². The molecule has 0 bridgehead atoms. The van der Waals surface area contributed by atoms with Crippen molar-refractivity contribution in [2.24, 2.45) is 10.1 Å². The van der Waals surface area contributed by atoms with Crippen LogP contribution in [0.3, 0.4) is 0 Å². The maximum absolute atomic E-state index is 13.1. The average Bonchev–Trinajstić information content (AvgIpc) is 3.39. The van der Waals surface area contributed by atoms with Crippen LogP contribution in [0.2, 0.25) is 0 Å². The van der Waals surface area contributed by atoms with Crippen molar-refractivity contribution in [3.05, 3.63) is 53.5 Å². The second kappa shape index (κ2) is 9.43. The number of amides is 1. The Hall–Kier alpha value is -3.00. The van der Waals surface area contributed by atoms with Crippen LogP contribution in [0.1, 0.15) is 51.2 Å². The molecule has 0 aliphatic carbocycles. The topological polar surface area (TPSA) is 82.0 Å². The Labute approximate surface area is 184 Å². The number of halogens is 1. The lowest BCUT2D eigenvalue weighted by molar-refractivity contribution is -0.114. The van der Waals surface area contributed by atoms with E-state index in [-0.39, 0.29) is 17.2 Å². The zero-order valence-corrected chi connectivity index (χ0v) is 18.0. The third-order valence-electron chi connectivity index (χ3n) is 5.03. The van der Waals surface area contributed by atoms with Gasteiger partial charge in [0.15, 0.2) is 5.84 Å². The minimum atomic E-state index is -0.483. The molecule has 3 heterocycles. The number of unbranched alkanes of at least 4 members (excludes halogenated alkanes) is 4. The SMILES string of the molecule is CCCCCCCC1=NN2C(=N)/C(=C\c3ccc(-c4ccc(F)cc4)o3)C(=O)N=C2S1. The zero-order valence-electron chi connectivity index (χ0n) is 17.2. The van der Waals surface area contributed by atoms with Crippen molar-refractivity contribution in [3.8, 4) is 11.3 Å². The number of furan rings is 1. The van der Waals surface area contributed by atoms with Crippen LogP contribution in [0.15, 0.2) is 56.5 Å². The minimum absolute atomic E-state index is 0.0109. The van der Waals surface area contributed by atoms with Crippen molar-refractivity contribution in [1.29, 1.82) is 5.41 Å². The maximum atomic E-state index is 13.1. The molecule has 2 aliphatic rings. The molecule has 0 unspecified atom stereocenters. The number of hydrogen-bond acceptors (Lipinski definition) is 5. The minimum Gasteiger partial charge on any atom is -0.457 e.